The maximum atomic E-state index is 12.6. The summed E-state index contributed by atoms with van der Waals surface area (Å²) in [6, 6.07) is 8.95. The molecule has 1 saturated heterocycles. The van der Waals surface area contributed by atoms with Crippen LogP contribution in [0.1, 0.15) is 12.8 Å². The highest BCUT2D eigenvalue weighted by Crippen LogP contribution is 2.23. The minimum absolute atomic E-state index is 0.0559. The van der Waals surface area contributed by atoms with E-state index in [0.29, 0.717) is 12.2 Å². The summed E-state index contributed by atoms with van der Waals surface area (Å²) in [5.41, 5.74) is 0.658. The quantitative estimate of drug-likeness (QED) is 0.876. The molecule has 1 aliphatic heterocycles. The van der Waals surface area contributed by atoms with Crippen molar-refractivity contribution < 1.29 is 19.5 Å². The van der Waals surface area contributed by atoms with Crippen LogP contribution in [0.5, 0.6) is 0 Å². The Kier molecular flexibility index (Phi) is 4.57. The van der Waals surface area contributed by atoms with Gasteiger partial charge in [-0.05, 0) is 12.1 Å². The highest BCUT2D eigenvalue weighted by Gasteiger charge is 2.35. The van der Waals surface area contributed by atoms with Crippen molar-refractivity contribution in [3.63, 3.8) is 0 Å². The van der Waals surface area contributed by atoms with Crippen molar-refractivity contribution in [2.24, 2.45) is 5.92 Å². The third-order valence-electron chi connectivity index (χ3n) is 3.57. The number of anilines is 1. The molecule has 0 spiro atoms. The fourth-order valence-corrected chi connectivity index (χ4v) is 2.43. The van der Waals surface area contributed by atoms with E-state index in [-0.39, 0.29) is 31.2 Å². The Morgan fingerprint density at radius 1 is 1.33 bits per heavy atom. The number of benzene rings is 1. The van der Waals surface area contributed by atoms with E-state index in [9.17, 15) is 14.4 Å². The first-order valence-electron chi connectivity index (χ1n) is 6.81. The summed E-state index contributed by atoms with van der Waals surface area (Å²) in [5, 5.41) is 8.84. The maximum Gasteiger partial charge on any atom is 0.305 e. The Morgan fingerprint density at radius 2 is 2.00 bits per heavy atom. The van der Waals surface area contributed by atoms with Crippen LogP contribution in [0.2, 0.25) is 0 Å². The molecule has 21 heavy (non-hydrogen) atoms. The lowest BCUT2D eigenvalue weighted by Crippen LogP contribution is -2.38. The highest BCUT2D eigenvalue weighted by atomic mass is 16.4. The Bertz CT molecular complexity index is 544. The first-order valence-corrected chi connectivity index (χ1v) is 6.81. The van der Waals surface area contributed by atoms with Gasteiger partial charge in [0.1, 0.15) is 0 Å². The molecule has 6 nitrogen and oxygen atoms in total. The Balaban J connectivity index is 2.17. The SMILES string of the molecule is CN1CC(C(=O)N(CCC(=O)O)c2ccccc2)CC1=O. The molecule has 112 valence electrons. The summed E-state index contributed by atoms with van der Waals surface area (Å²) in [4.78, 5) is 38.0. The van der Waals surface area contributed by atoms with Gasteiger partial charge in [0.2, 0.25) is 11.8 Å². The molecule has 0 bridgehead atoms. The monoisotopic (exact) mass is 290 g/mol. The average molecular weight is 290 g/mol. The van der Waals surface area contributed by atoms with Crippen molar-refractivity contribution in [1.82, 2.24) is 4.90 Å². The number of hydrogen-bond acceptors (Lipinski definition) is 3. The van der Waals surface area contributed by atoms with Crippen molar-refractivity contribution in [2.45, 2.75) is 12.8 Å². The maximum absolute atomic E-state index is 12.6. The second-order valence-electron chi connectivity index (χ2n) is 5.14. The molecular formula is C15H18N2O4. The number of carboxylic acid groups (broad SMARTS) is 1. The molecule has 0 saturated carbocycles. The topological polar surface area (TPSA) is 77.9 Å². The number of nitrogens with zero attached hydrogens (tertiary/aromatic N) is 2. The van der Waals surface area contributed by atoms with Crippen LogP contribution in [-0.4, -0.2) is 47.9 Å². The number of carbonyl (C=O) groups excluding carboxylic acids is 2. The molecule has 0 aromatic heterocycles. The molecule has 1 heterocycles. The Hall–Kier alpha value is -2.37. The van der Waals surface area contributed by atoms with Crippen LogP contribution >= 0.6 is 0 Å². The van der Waals surface area contributed by atoms with E-state index in [4.69, 9.17) is 5.11 Å². The van der Waals surface area contributed by atoms with Gasteiger partial charge in [0.05, 0.1) is 12.3 Å². The molecule has 1 fully saturated rings. The van der Waals surface area contributed by atoms with Crippen LogP contribution in [0.3, 0.4) is 0 Å². The van der Waals surface area contributed by atoms with E-state index < -0.39 is 11.9 Å². The zero-order valence-corrected chi connectivity index (χ0v) is 11.9. The van der Waals surface area contributed by atoms with E-state index >= 15 is 0 Å². The standard InChI is InChI=1S/C15H18N2O4/c1-16-10-11(9-13(16)18)15(21)17(8-7-14(19)20)12-5-3-2-4-6-12/h2-6,11H,7-10H2,1H3,(H,19,20). The molecule has 2 rings (SSSR count). The Labute approximate surface area is 123 Å². The predicted molar refractivity (Wildman–Crippen MR) is 76.8 cm³/mol. The van der Waals surface area contributed by atoms with Crippen LogP contribution in [0.25, 0.3) is 0 Å². The number of carbonyl (C=O) groups is 3. The van der Waals surface area contributed by atoms with Crippen LogP contribution in [0.4, 0.5) is 5.69 Å². The van der Waals surface area contributed by atoms with Crippen molar-refractivity contribution in [2.75, 3.05) is 25.0 Å². The van der Waals surface area contributed by atoms with Gasteiger partial charge in [0.15, 0.2) is 0 Å². The van der Waals surface area contributed by atoms with Gasteiger partial charge in [-0.3, -0.25) is 14.4 Å². The zero-order chi connectivity index (χ0) is 15.4. The van der Waals surface area contributed by atoms with E-state index in [1.165, 1.54) is 9.80 Å². The molecule has 1 aliphatic rings. The molecule has 1 atom stereocenters. The van der Waals surface area contributed by atoms with E-state index in [2.05, 4.69) is 0 Å². The van der Waals surface area contributed by atoms with E-state index in [1.807, 2.05) is 6.07 Å². The summed E-state index contributed by atoms with van der Waals surface area (Å²) in [7, 11) is 1.67. The molecule has 0 aliphatic carbocycles. The number of rotatable bonds is 5. The summed E-state index contributed by atoms with van der Waals surface area (Å²) in [6.07, 6.45) is 0.0584. The molecule has 1 N–H and O–H groups in total. The van der Waals surface area contributed by atoms with Crippen LogP contribution in [0, 0.1) is 5.92 Å². The lowest BCUT2D eigenvalue weighted by molar-refractivity contribution is -0.136. The van der Waals surface area contributed by atoms with Crippen LogP contribution in [0.15, 0.2) is 30.3 Å². The average Bonchev–Trinajstić information content (AvgIpc) is 2.79. The van der Waals surface area contributed by atoms with Gasteiger partial charge in [0.25, 0.3) is 0 Å². The predicted octanol–water partition coefficient (Wildman–Crippen LogP) is 0.973. The molecule has 1 aromatic carbocycles. The molecule has 1 aromatic rings. The molecule has 1 unspecified atom stereocenters. The normalized spacial score (nSPS) is 17.9. The van der Waals surface area contributed by atoms with E-state index in [0.717, 1.165) is 0 Å². The molecule has 0 radical (unpaired) electrons. The third-order valence-corrected chi connectivity index (χ3v) is 3.57. The minimum Gasteiger partial charge on any atom is -0.481 e. The van der Waals surface area contributed by atoms with Gasteiger partial charge in [0, 0.05) is 32.2 Å². The number of carboxylic acids is 1. The number of hydrogen-bond donors (Lipinski definition) is 1. The van der Waals surface area contributed by atoms with Crippen molar-refractivity contribution in [3.8, 4) is 0 Å². The fourth-order valence-electron chi connectivity index (χ4n) is 2.43. The summed E-state index contributed by atoms with van der Waals surface area (Å²) in [5.74, 6) is -1.61. The third kappa shape index (κ3) is 3.59. The number of amides is 2. The van der Waals surface area contributed by atoms with Crippen molar-refractivity contribution >= 4 is 23.5 Å². The summed E-state index contributed by atoms with van der Waals surface area (Å²) in [6.45, 7) is 0.487. The first kappa shape index (κ1) is 15.0. The minimum atomic E-state index is -0.955. The molecule has 6 heteroatoms. The van der Waals surface area contributed by atoms with Gasteiger partial charge >= 0.3 is 5.97 Å². The highest BCUT2D eigenvalue weighted by molar-refractivity contribution is 5.99. The van der Waals surface area contributed by atoms with Gasteiger partial charge in [-0.15, -0.1) is 0 Å². The first-order chi connectivity index (χ1) is 9.99. The number of para-hydroxylation sites is 1. The second kappa shape index (κ2) is 6.39. The van der Waals surface area contributed by atoms with E-state index in [1.54, 1.807) is 31.3 Å². The smallest absolute Gasteiger partial charge is 0.305 e. The van der Waals surface area contributed by atoms with Gasteiger partial charge in [-0.1, -0.05) is 18.2 Å². The van der Waals surface area contributed by atoms with Crippen LogP contribution in [-0.2, 0) is 14.4 Å². The lowest BCUT2D eigenvalue weighted by atomic mass is 10.1. The number of aliphatic carboxylic acids is 1. The molecular weight excluding hydrogens is 272 g/mol. The summed E-state index contributed by atoms with van der Waals surface area (Å²) >= 11 is 0. The van der Waals surface area contributed by atoms with Gasteiger partial charge in [-0.25, -0.2) is 0 Å². The van der Waals surface area contributed by atoms with Crippen molar-refractivity contribution in [1.29, 1.82) is 0 Å². The van der Waals surface area contributed by atoms with Gasteiger partial charge < -0.3 is 14.9 Å². The number of likely N-dealkylation sites (tertiary alicyclic amines) is 1. The largest absolute Gasteiger partial charge is 0.481 e. The van der Waals surface area contributed by atoms with Crippen molar-refractivity contribution in [3.05, 3.63) is 30.3 Å². The van der Waals surface area contributed by atoms with Crippen LogP contribution < -0.4 is 4.90 Å². The fraction of sp³-hybridized carbons (Fsp3) is 0.400. The second-order valence-corrected chi connectivity index (χ2v) is 5.14. The lowest BCUT2D eigenvalue weighted by Gasteiger charge is -2.25. The van der Waals surface area contributed by atoms with Gasteiger partial charge in [-0.2, -0.15) is 0 Å². The zero-order valence-electron chi connectivity index (χ0n) is 11.9. The Morgan fingerprint density at radius 3 is 2.52 bits per heavy atom. The molecule has 2 amide bonds. The summed E-state index contributed by atoms with van der Waals surface area (Å²) < 4.78 is 0.